The van der Waals surface area contributed by atoms with E-state index in [9.17, 15) is 4.79 Å². The summed E-state index contributed by atoms with van der Waals surface area (Å²) in [5.41, 5.74) is 7.48. The molecule has 6 heteroatoms. The van der Waals surface area contributed by atoms with E-state index in [1.54, 1.807) is 31.5 Å². The van der Waals surface area contributed by atoms with Gasteiger partial charge in [0, 0.05) is 29.7 Å². The van der Waals surface area contributed by atoms with Crippen molar-refractivity contribution in [1.82, 2.24) is 10.3 Å². The number of allylic oxidation sites excluding steroid dienone is 1. The first kappa shape index (κ1) is 17.9. The number of aliphatic imine (C=N–C) groups is 1. The zero-order valence-corrected chi connectivity index (χ0v) is 15.0. The Balaban J connectivity index is 2.30. The Bertz CT molecular complexity index is 835. The van der Waals surface area contributed by atoms with Crippen LogP contribution in [0.2, 0.25) is 5.02 Å². The van der Waals surface area contributed by atoms with Gasteiger partial charge in [-0.1, -0.05) is 38.4 Å². The number of fused-ring (bicyclic) bond motifs is 1. The van der Waals surface area contributed by atoms with Crippen LogP contribution in [0.1, 0.15) is 31.1 Å². The molecule has 0 aliphatic rings. The number of amidine groups is 1. The molecule has 1 aromatic carbocycles. The highest BCUT2D eigenvalue weighted by atomic mass is 35.5. The lowest BCUT2D eigenvalue weighted by Crippen LogP contribution is -2.31. The summed E-state index contributed by atoms with van der Waals surface area (Å²) in [5, 5.41) is 3.97. The number of nitrogens with one attached hydrogen (secondary N) is 1. The van der Waals surface area contributed by atoms with Crippen LogP contribution in [0.4, 0.5) is 0 Å². The van der Waals surface area contributed by atoms with Crippen molar-refractivity contribution >= 4 is 34.2 Å². The lowest BCUT2D eigenvalue weighted by atomic mass is 9.92. The summed E-state index contributed by atoms with van der Waals surface area (Å²) in [6, 6.07) is 7.10. The highest BCUT2D eigenvalue weighted by Crippen LogP contribution is 2.23. The van der Waals surface area contributed by atoms with Crippen LogP contribution < -0.4 is 11.1 Å². The summed E-state index contributed by atoms with van der Waals surface area (Å²) in [4.78, 5) is 20.8. The Labute approximate surface area is 146 Å². The van der Waals surface area contributed by atoms with Crippen LogP contribution in [-0.4, -0.2) is 23.8 Å². The SMILES string of the molecule is CN=C(C=C(N)C(C)(C)C)NC(=O)c1cc2ncccc2cc1Cl. The van der Waals surface area contributed by atoms with Gasteiger partial charge in [-0.2, -0.15) is 0 Å². The lowest BCUT2D eigenvalue weighted by molar-refractivity contribution is 0.0977. The average Bonchev–Trinajstić information content (AvgIpc) is 2.52. The number of aromatic nitrogens is 1. The lowest BCUT2D eigenvalue weighted by Gasteiger charge is -2.19. The molecule has 0 fully saturated rings. The van der Waals surface area contributed by atoms with Crippen molar-refractivity contribution in [1.29, 1.82) is 0 Å². The number of carbonyl (C=O) groups is 1. The molecule has 0 saturated carbocycles. The zero-order valence-electron chi connectivity index (χ0n) is 14.2. The number of nitrogens with two attached hydrogens (primary N) is 1. The van der Waals surface area contributed by atoms with E-state index in [0.717, 1.165) is 5.39 Å². The molecular formula is C18H21ClN4O. The number of nitrogens with zero attached hydrogens (tertiary/aromatic N) is 2. The van der Waals surface area contributed by atoms with Crippen LogP contribution in [0.25, 0.3) is 10.9 Å². The van der Waals surface area contributed by atoms with E-state index in [2.05, 4.69) is 15.3 Å². The second-order valence-corrected chi connectivity index (χ2v) is 6.85. The Morgan fingerprint density at radius 1 is 1.38 bits per heavy atom. The van der Waals surface area contributed by atoms with Crippen molar-refractivity contribution in [3.05, 3.63) is 52.8 Å². The largest absolute Gasteiger partial charge is 0.401 e. The maximum atomic E-state index is 12.5. The minimum absolute atomic E-state index is 0.217. The normalized spacial score (nSPS) is 13.2. The highest BCUT2D eigenvalue weighted by molar-refractivity contribution is 6.35. The van der Waals surface area contributed by atoms with Crippen molar-refractivity contribution in [2.75, 3.05) is 7.05 Å². The molecule has 0 atom stereocenters. The van der Waals surface area contributed by atoms with Gasteiger partial charge in [-0.05, 0) is 24.3 Å². The minimum atomic E-state index is -0.355. The first-order valence-electron chi connectivity index (χ1n) is 7.52. The number of carbonyl (C=O) groups excluding carboxylic acids is 1. The van der Waals surface area contributed by atoms with Crippen molar-refractivity contribution in [2.45, 2.75) is 20.8 Å². The summed E-state index contributed by atoms with van der Waals surface area (Å²) in [6.45, 7) is 5.96. The van der Waals surface area contributed by atoms with Crippen LogP contribution in [0.3, 0.4) is 0 Å². The molecule has 0 aliphatic carbocycles. The van der Waals surface area contributed by atoms with Crippen molar-refractivity contribution in [2.24, 2.45) is 16.1 Å². The van der Waals surface area contributed by atoms with Gasteiger partial charge in [-0.3, -0.25) is 14.8 Å². The highest BCUT2D eigenvalue weighted by Gasteiger charge is 2.17. The number of hydrogen-bond acceptors (Lipinski definition) is 4. The standard InChI is InChI=1S/C18H21ClN4O/c1-18(2,3)15(20)10-16(21-4)23-17(24)12-9-14-11(8-13(12)19)6-5-7-22-14/h5-10H,20H2,1-4H3,(H,21,23,24). The number of amides is 1. The van der Waals surface area contributed by atoms with Crippen LogP contribution in [-0.2, 0) is 0 Å². The molecule has 0 radical (unpaired) electrons. The Morgan fingerprint density at radius 3 is 2.71 bits per heavy atom. The molecule has 2 aromatic rings. The Kier molecular flexibility index (Phi) is 5.24. The Morgan fingerprint density at radius 2 is 2.08 bits per heavy atom. The summed E-state index contributed by atoms with van der Waals surface area (Å²) >= 11 is 6.23. The van der Waals surface area contributed by atoms with Crippen LogP contribution in [0, 0.1) is 5.41 Å². The molecule has 2 rings (SSSR count). The third-order valence-corrected chi connectivity index (χ3v) is 3.89. The number of benzene rings is 1. The molecule has 0 aliphatic heterocycles. The first-order valence-corrected chi connectivity index (χ1v) is 7.90. The van der Waals surface area contributed by atoms with E-state index < -0.39 is 0 Å². The van der Waals surface area contributed by atoms with E-state index >= 15 is 0 Å². The molecule has 24 heavy (non-hydrogen) atoms. The molecule has 0 unspecified atom stereocenters. The minimum Gasteiger partial charge on any atom is -0.401 e. The summed E-state index contributed by atoms with van der Waals surface area (Å²) in [6.07, 6.45) is 3.33. The first-order chi connectivity index (χ1) is 11.2. The molecule has 3 N–H and O–H groups in total. The molecule has 1 heterocycles. The van der Waals surface area contributed by atoms with Gasteiger partial charge in [0.05, 0.1) is 16.1 Å². The maximum Gasteiger partial charge on any atom is 0.258 e. The monoisotopic (exact) mass is 344 g/mol. The van der Waals surface area contributed by atoms with Gasteiger partial charge in [0.15, 0.2) is 0 Å². The molecule has 1 amide bonds. The van der Waals surface area contributed by atoms with Gasteiger partial charge in [0.2, 0.25) is 0 Å². The van der Waals surface area contributed by atoms with Gasteiger partial charge >= 0.3 is 0 Å². The van der Waals surface area contributed by atoms with Gasteiger partial charge in [0.1, 0.15) is 5.84 Å². The molecule has 1 aromatic heterocycles. The number of rotatable bonds is 2. The number of pyridine rings is 1. The van der Waals surface area contributed by atoms with E-state index in [-0.39, 0.29) is 11.3 Å². The van der Waals surface area contributed by atoms with E-state index in [4.69, 9.17) is 17.3 Å². The molecular weight excluding hydrogens is 324 g/mol. The second-order valence-electron chi connectivity index (χ2n) is 6.44. The van der Waals surface area contributed by atoms with Crippen LogP contribution in [0.15, 0.2) is 47.2 Å². The van der Waals surface area contributed by atoms with Gasteiger partial charge < -0.3 is 11.1 Å². The zero-order chi connectivity index (χ0) is 17.9. The number of halogens is 1. The average molecular weight is 345 g/mol. The van der Waals surface area contributed by atoms with Gasteiger partial charge in [-0.15, -0.1) is 0 Å². The molecule has 0 bridgehead atoms. The van der Waals surface area contributed by atoms with Crippen molar-refractivity contribution < 1.29 is 4.79 Å². The maximum absolute atomic E-state index is 12.5. The quantitative estimate of drug-likeness (QED) is 0.646. The molecule has 5 nitrogen and oxygen atoms in total. The summed E-state index contributed by atoms with van der Waals surface area (Å²) in [5.74, 6) is 0.0238. The smallest absolute Gasteiger partial charge is 0.258 e. The molecule has 126 valence electrons. The molecule has 0 saturated heterocycles. The Hall–Kier alpha value is -2.40. The predicted molar refractivity (Wildman–Crippen MR) is 99.3 cm³/mol. The third-order valence-electron chi connectivity index (χ3n) is 3.58. The van der Waals surface area contributed by atoms with E-state index in [0.29, 0.717) is 27.6 Å². The predicted octanol–water partition coefficient (Wildman–Crippen LogP) is 3.54. The van der Waals surface area contributed by atoms with Crippen molar-refractivity contribution in [3.63, 3.8) is 0 Å². The summed E-state index contributed by atoms with van der Waals surface area (Å²) in [7, 11) is 1.59. The van der Waals surface area contributed by atoms with E-state index in [1.807, 2.05) is 32.9 Å². The second kappa shape index (κ2) is 7.01. The van der Waals surface area contributed by atoms with Gasteiger partial charge in [0.25, 0.3) is 5.91 Å². The third kappa shape index (κ3) is 4.11. The van der Waals surface area contributed by atoms with Gasteiger partial charge in [-0.25, -0.2) is 0 Å². The fourth-order valence-corrected chi connectivity index (χ4v) is 2.23. The topological polar surface area (TPSA) is 80.4 Å². The molecule has 0 spiro atoms. The number of hydrogen-bond donors (Lipinski definition) is 2. The van der Waals surface area contributed by atoms with Crippen LogP contribution >= 0.6 is 11.6 Å². The van der Waals surface area contributed by atoms with Crippen LogP contribution in [0.5, 0.6) is 0 Å². The fraction of sp³-hybridized carbons (Fsp3) is 0.278. The fourth-order valence-electron chi connectivity index (χ4n) is 1.97. The summed E-state index contributed by atoms with van der Waals surface area (Å²) < 4.78 is 0. The van der Waals surface area contributed by atoms with Crippen molar-refractivity contribution in [3.8, 4) is 0 Å². The van der Waals surface area contributed by atoms with E-state index in [1.165, 1.54) is 0 Å².